The molecule has 0 spiro atoms. The first-order valence-corrected chi connectivity index (χ1v) is 24.8. The van der Waals surface area contributed by atoms with Gasteiger partial charge in [0.25, 0.3) is 0 Å². The molecule has 0 saturated carbocycles. The molecule has 8 aromatic rings. The van der Waals surface area contributed by atoms with Gasteiger partial charge < -0.3 is 20.1 Å². The molecule has 0 bridgehead atoms. The summed E-state index contributed by atoms with van der Waals surface area (Å²) < 4.78 is 5.83. The number of aryl methyl sites for hydroxylation is 1. The van der Waals surface area contributed by atoms with Crippen molar-refractivity contribution in [2.24, 2.45) is 0 Å². The van der Waals surface area contributed by atoms with Gasteiger partial charge in [0.1, 0.15) is 39.7 Å². The summed E-state index contributed by atoms with van der Waals surface area (Å²) in [4.78, 5) is 62.0. The summed E-state index contributed by atoms with van der Waals surface area (Å²) in [6, 6.07) is 54.4. The van der Waals surface area contributed by atoms with Crippen molar-refractivity contribution in [3.63, 3.8) is 0 Å². The maximum atomic E-state index is 13.7. The number of carbonyl (C=O) groups excluding carboxylic acids is 4. The predicted octanol–water partition coefficient (Wildman–Crippen LogP) is 15.1. The highest BCUT2D eigenvalue weighted by Crippen LogP contribution is 2.42. The Morgan fingerprint density at radius 2 is 0.892 bits per heavy atom. The summed E-state index contributed by atoms with van der Waals surface area (Å²) in [5.74, 6) is -4.53. The largest absolute Gasteiger partial charge is 0.506 e. The molecule has 0 aromatic heterocycles. The fourth-order valence-electron chi connectivity index (χ4n) is 8.36. The lowest BCUT2D eigenvalue weighted by atomic mass is 9.86. The summed E-state index contributed by atoms with van der Waals surface area (Å²) in [7, 11) is 0. The molecular formula is C64H60O10. The molecule has 0 aliphatic heterocycles. The first kappa shape index (κ1) is 53.0. The summed E-state index contributed by atoms with van der Waals surface area (Å²) in [5.41, 5.74) is 5.41. The second-order valence-corrected chi connectivity index (χ2v) is 18.8. The number of para-hydroxylation sites is 2. The van der Waals surface area contributed by atoms with E-state index in [2.05, 4.69) is 27.7 Å². The van der Waals surface area contributed by atoms with E-state index in [0.717, 1.165) is 41.5 Å². The highest BCUT2D eigenvalue weighted by Gasteiger charge is 2.27. The van der Waals surface area contributed by atoms with Crippen LogP contribution in [-0.2, 0) is 21.6 Å². The van der Waals surface area contributed by atoms with E-state index in [1.54, 1.807) is 48.5 Å². The standard InChI is InChI=1S/C51H50O9.C13H10O/c1-5-6-7-8-9-11-16-33-23-25-36(26-24-33)44-43(58-48(55)40-21-14-19-38(45(40)52)34-17-12-10-13-18-34)32-31-42(47(44)54)50(57)60-59-49(56)41-22-15-20-39(46(41)53)35-27-29-37(30-28-35)51(2,3)4;14-13(11-7-3-1-4-8-11)12-9-5-2-6-10-12/h10,12-15,17-32,52-54H,5-9,11,16H2,1-4H3;1-10H. The molecule has 0 aliphatic carbocycles. The average Bonchev–Trinajstić information content (AvgIpc) is 3.42. The van der Waals surface area contributed by atoms with Crippen LogP contribution in [0.15, 0.2) is 188 Å². The Morgan fingerprint density at radius 3 is 1.42 bits per heavy atom. The first-order valence-electron chi connectivity index (χ1n) is 24.8. The molecular weight excluding hydrogens is 929 g/mol. The molecule has 74 heavy (non-hydrogen) atoms. The molecule has 0 atom stereocenters. The van der Waals surface area contributed by atoms with Crippen molar-refractivity contribution in [2.45, 2.75) is 78.1 Å². The van der Waals surface area contributed by atoms with Crippen molar-refractivity contribution in [3.8, 4) is 56.4 Å². The highest BCUT2D eigenvalue weighted by molar-refractivity contribution is 6.09. The molecule has 3 N–H and O–H groups in total. The van der Waals surface area contributed by atoms with Crippen LogP contribution in [0.5, 0.6) is 23.0 Å². The monoisotopic (exact) mass is 988 g/mol. The number of rotatable bonds is 16. The number of benzene rings is 8. The Kier molecular flexibility index (Phi) is 18.0. The van der Waals surface area contributed by atoms with Gasteiger partial charge in [0.15, 0.2) is 5.78 Å². The van der Waals surface area contributed by atoms with Gasteiger partial charge in [-0.3, -0.25) is 4.79 Å². The van der Waals surface area contributed by atoms with Crippen LogP contribution < -0.4 is 4.74 Å². The van der Waals surface area contributed by atoms with Crippen LogP contribution in [0.2, 0.25) is 0 Å². The quantitative estimate of drug-likeness (QED) is 0.0213. The summed E-state index contributed by atoms with van der Waals surface area (Å²) in [5, 5.41) is 33.9. The number of hydrogen-bond acceptors (Lipinski definition) is 10. The SMILES string of the molecule is CCCCCCCCc1ccc(-c2c(OC(=O)c3cccc(-c4ccccc4)c3O)ccc(C(=O)OOC(=O)c3cccc(-c4ccc(C(C)(C)C)cc4)c3O)c2O)cc1.O=C(c1ccccc1)c1ccccc1. The molecule has 10 nitrogen and oxygen atoms in total. The average molecular weight is 989 g/mol. The van der Waals surface area contributed by atoms with Crippen molar-refractivity contribution < 1.29 is 49.0 Å². The van der Waals surface area contributed by atoms with Crippen molar-refractivity contribution in [2.75, 3.05) is 0 Å². The third kappa shape index (κ3) is 13.4. The Balaban J connectivity index is 0.000000489. The molecule has 0 heterocycles. The van der Waals surface area contributed by atoms with Gasteiger partial charge in [-0.2, -0.15) is 0 Å². The fraction of sp³-hybridized carbons (Fsp3) is 0.188. The van der Waals surface area contributed by atoms with Crippen LogP contribution in [0, 0.1) is 0 Å². The lowest BCUT2D eigenvalue weighted by Gasteiger charge is -2.19. The van der Waals surface area contributed by atoms with Crippen LogP contribution >= 0.6 is 0 Å². The smallest absolute Gasteiger partial charge is 0.390 e. The summed E-state index contributed by atoms with van der Waals surface area (Å²) in [6.45, 7) is 8.47. The molecule has 376 valence electrons. The Labute approximate surface area is 432 Å². The number of phenols is 3. The molecule has 0 radical (unpaired) electrons. The minimum absolute atomic E-state index is 0.00299. The Bertz CT molecular complexity index is 3140. The molecule has 0 saturated heterocycles. The van der Waals surface area contributed by atoms with Gasteiger partial charge >= 0.3 is 17.9 Å². The molecule has 8 rings (SSSR count). The molecule has 8 aromatic carbocycles. The molecule has 0 aliphatic rings. The van der Waals surface area contributed by atoms with E-state index in [1.165, 1.54) is 49.9 Å². The molecule has 0 unspecified atom stereocenters. The first-order chi connectivity index (χ1) is 35.7. The van der Waals surface area contributed by atoms with Crippen LogP contribution in [-0.4, -0.2) is 39.0 Å². The third-order valence-electron chi connectivity index (χ3n) is 12.5. The number of esters is 1. The minimum atomic E-state index is -1.22. The number of aromatic hydroxyl groups is 3. The maximum absolute atomic E-state index is 13.7. The number of ether oxygens (including phenoxy) is 1. The minimum Gasteiger partial charge on any atom is -0.506 e. The third-order valence-corrected chi connectivity index (χ3v) is 12.5. The van der Waals surface area contributed by atoms with E-state index < -0.39 is 23.7 Å². The summed E-state index contributed by atoms with van der Waals surface area (Å²) >= 11 is 0. The second kappa shape index (κ2) is 25.1. The van der Waals surface area contributed by atoms with Crippen molar-refractivity contribution in [1.82, 2.24) is 0 Å². The predicted molar refractivity (Wildman–Crippen MR) is 289 cm³/mol. The van der Waals surface area contributed by atoms with E-state index in [1.807, 2.05) is 115 Å². The van der Waals surface area contributed by atoms with E-state index >= 15 is 0 Å². The molecule has 0 amide bonds. The van der Waals surface area contributed by atoms with Crippen LogP contribution in [0.1, 0.15) is 124 Å². The Morgan fingerprint density at radius 1 is 0.432 bits per heavy atom. The fourth-order valence-corrected chi connectivity index (χ4v) is 8.36. The van der Waals surface area contributed by atoms with Gasteiger partial charge in [-0.25, -0.2) is 24.2 Å². The number of carbonyl (C=O) groups is 4. The van der Waals surface area contributed by atoms with E-state index in [4.69, 9.17) is 14.5 Å². The normalized spacial score (nSPS) is 10.9. The zero-order valence-corrected chi connectivity index (χ0v) is 42.0. The van der Waals surface area contributed by atoms with Crippen molar-refractivity contribution >= 4 is 23.7 Å². The number of phenolic OH excluding ortho intramolecular Hbond substituents is 3. The maximum Gasteiger partial charge on any atom is 0.390 e. The lowest BCUT2D eigenvalue weighted by Crippen LogP contribution is -2.13. The van der Waals surface area contributed by atoms with Crippen molar-refractivity contribution in [3.05, 3.63) is 227 Å². The van der Waals surface area contributed by atoms with Crippen LogP contribution in [0.4, 0.5) is 0 Å². The number of unbranched alkanes of at least 4 members (excludes halogenated alkanes) is 5. The number of hydrogen-bond donors (Lipinski definition) is 3. The Hall–Kier alpha value is -8.76. The van der Waals surface area contributed by atoms with Crippen LogP contribution in [0.25, 0.3) is 33.4 Å². The second-order valence-electron chi connectivity index (χ2n) is 18.8. The lowest BCUT2D eigenvalue weighted by molar-refractivity contribution is -0.187. The highest BCUT2D eigenvalue weighted by atomic mass is 17.2. The van der Waals surface area contributed by atoms with Crippen molar-refractivity contribution in [1.29, 1.82) is 0 Å². The van der Waals surface area contributed by atoms with Gasteiger partial charge in [-0.1, -0.05) is 224 Å². The number of ketones is 1. The molecule has 0 fully saturated rings. The zero-order chi connectivity index (χ0) is 52.6. The topological polar surface area (TPSA) is 157 Å². The van der Waals surface area contributed by atoms with Crippen LogP contribution in [0.3, 0.4) is 0 Å². The van der Waals surface area contributed by atoms with E-state index in [0.29, 0.717) is 27.8 Å². The molecule has 10 heteroatoms. The van der Waals surface area contributed by atoms with E-state index in [9.17, 15) is 34.5 Å². The van der Waals surface area contributed by atoms with Gasteiger partial charge in [0.2, 0.25) is 0 Å². The van der Waals surface area contributed by atoms with Gasteiger partial charge in [0, 0.05) is 22.3 Å². The van der Waals surface area contributed by atoms with E-state index in [-0.39, 0.29) is 50.7 Å². The zero-order valence-electron chi connectivity index (χ0n) is 42.0. The van der Waals surface area contributed by atoms with Gasteiger partial charge in [-0.15, -0.1) is 0 Å². The van der Waals surface area contributed by atoms with Gasteiger partial charge in [-0.05, 0) is 70.3 Å². The van der Waals surface area contributed by atoms with Gasteiger partial charge in [0.05, 0.1) is 5.56 Å². The summed E-state index contributed by atoms with van der Waals surface area (Å²) in [6.07, 6.45) is 7.80.